The number of benzene rings is 1. The van der Waals surface area contributed by atoms with Crippen molar-refractivity contribution in [2.24, 2.45) is 5.10 Å². The van der Waals surface area contributed by atoms with E-state index in [1.165, 1.54) is 12.4 Å². The molecule has 126 valence electrons. The molecule has 0 unspecified atom stereocenters. The van der Waals surface area contributed by atoms with Gasteiger partial charge in [-0.3, -0.25) is 9.78 Å². The van der Waals surface area contributed by atoms with Crippen LogP contribution in [0.3, 0.4) is 0 Å². The van der Waals surface area contributed by atoms with Crippen LogP contribution >= 0.6 is 0 Å². The van der Waals surface area contributed by atoms with Gasteiger partial charge < -0.3 is 10.0 Å². The third kappa shape index (κ3) is 4.32. The van der Waals surface area contributed by atoms with Crippen LogP contribution in [0.15, 0.2) is 41.6 Å². The number of aromatic hydroxyl groups is 1. The number of nitrogens with one attached hydrogen (secondary N) is 1. The Morgan fingerprint density at radius 2 is 2.04 bits per heavy atom. The van der Waals surface area contributed by atoms with Crippen LogP contribution < -0.4 is 10.3 Å². The van der Waals surface area contributed by atoms with E-state index in [9.17, 15) is 9.90 Å². The first-order chi connectivity index (χ1) is 11.5. The van der Waals surface area contributed by atoms with Gasteiger partial charge in [-0.2, -0.15) is 5.10 Å². The lowest BCUT2D eigenvalue weighted by molar-refractivity contribution is 0.0954. The lowest BCUT2D eigenvalue weighted by Crippen LogP contribution is -2.21. The molecule has 0 saturated heterocycles. The number of nitrogens with zero attached hydrogens (tertiary/aromatic N) is 3. The molecule has 2 N–H and O–H groups in total. The van der Waals surface area contributed by atoms with Gasteiger partial charge in [-0.15, -0.1) is 0 Å². The lowest BCUT2D eigenvalue weighted by atomic mass is 10.2. The number of hydrogen-bond donors (Lipinski definition) is 2. The second kappa shape index (κ2) is 8.10. The molecule has 0 aliphatic rings. The van der Waals surface area contributed by atoms with Gasteiger partial charge in [0, 0.05) is 42.3 Å². The minimum Gasteiger partial charge on any atom is -0.507 e. The third-order valence-electron chi connectivity index (χ3n) is 3.69. The van der Waals surface area contributed by atoms with Crippen molar-refractivity contribution in [2.75, 3.05) is 18.0 Å². The average molecular weight is 326 g/mol. The number of aromatic nitrogens is 1. The average Bonchev–Trinajstić information content (AvgIpc) is 2.58. The number of rotatable bonds is 6. The molecule has 1 aromatic carbocycles. The van der Waals surface area contributed by atoms with Gasteiger partial charge in [-0.25, -0.2) is 5.43 Å². The highest BCUT2D eigenvalue weighted by atomic mass is 16.3. The van der Waals surface area contributed by atoms with E-state index in [4.69, 9.17) is 0 Å². The molecular weight excluding hydrogens is 304 g/mol. The molecule has 6 nitrogen and oxygen atoms in total. The Bertz CT molecular complexity index is 722. The van der Waals surface area contributed by atoms with E-state index >= 15 is 0 Å². The van der Waals surface area contributed by atoms with Gasteiger partial charge in [0.1, 0.15) is 5.75 Å². The molecule has 0 spiro atoms. The van der Waals surface area contributed by atoms with Crippen molar-refractivity contribution < 1.29 is 9.90 Å². The van der Waals surface area contributed by atoms with E-state index in [1.807, 2.05) is 13.0 Å². The Labute approximate surface area is 141 Å². The molecule has 1 heterocycles. The van der Waals surface area contributed by atoms with E-state index in [0.29, 0.717) is 11.1 Å². The smallest absolute Gasteiger partial charge is 0.272 e. The fourth-order valence-corrected chi connectivity index (χ4v) is 2.25. The van der Waals surface area contributed by atoms with E-state index in [-0.39, 0.29) is 11.7 Å². The number of phenols is 1. The Morgan fingerprint density at radius 3 is 2.62 bits per heavy atom. The first-order valence-corrected chi connectivity index (χ1v) is 7.89. The summed E-state index contributed by atoms with van der Waals surface area (Å²) in [5.74, 6) is -0.229. The van der Waals surface area contributed by atoms with E-state index < -0.39 is 0 Å². The number of amides is 1. The van der Waals surface area contributed by atoms with Gasteiger partial charge in [-0.1, -0.05) is 0 Å². The molecule has 0 saturated carbocycles. The zero-order valence-electron chi connectivity index (χ0n) is 14.2. The second-order valence-electron chi connectivity index (χ2n) is 5.30. The maximum absolute atomic E-state index is 11.9. The summed E-state index contributed by atoms with van der Waals surface area (Å²) in [5.41, 5.74) is 5.18. The Balaban J connectivity index is 2.03. The van der Waals surface area contributed by atoms with Crippen LogP contribution in [0.25, 0.3) is 0 Å². The highest BCUT2D eigenvalue weighted by Crippen LogP contribution is 2.23. The van der Waals surface area contributed by atoms with Crippen molar-refractivity contribution >= 4 is 17.8 Å². The maximum Gasteiger partial charge on any atom is 0.272 e. The standard InChI is InChI=1S/C18H22N4O2/c1-4-22(5-2)16-9-8-14(17(23)10-16)12-20-21-18(24)15-7-6-13(3)19-11-15/h6-12,23H,4-5H2,1-3H3,(H,21,24). The van der Waals surface area contributed by atoms with E-state index in [1.54, 1.807) is 24.3 Å². The molecule has 0 atom stereocenters. The normalized spacial score (nSPS) is 10.8. The van der Waals surface area contributed by atoms with Crippen molar-refractivity contribution in [2.45, 2.75) is 20.8 Å². The summed E-state index contributed by atoms with van der Waals surface area (Å²) in [6.45, 7) is 7.70. The minimum atomic E-state index is -0.349. The van der Waals surface area contributed by atoms with Crippen molar-refractivity contribution in [1.29, 1.82) is 0 Å². The summed E-state index contributed by atoms with van der Waals surface area (Å²) < 4.78 is 0. The monoisotopic (exact) mass is 326 g/mol. The fourth-order valence-electron chi connectivity index (χ4n) is 2.25. The molecule has 0 aliphatic heterocycles. The third-order valence-corrected chi connectivity index (χ3v) is 3.69. The van der Waals surface area contributed by atoms with Crippen molar-refractivity contribution in [3.63, 3.8) is 0 Å². The van der Waals surface area contributed by atoms with Crippen molar-refractivity contribution in [3.05, 3.63) is 53.3 Å². The van der Waals surface area contributed by atoms with Crippen LogP contribution in [-0.2, 0) is 0 Å². The molecule has 1 amide bonds. The largest absolute Gasteiger partial charge is 0.507 e. The van der Waals surface area contributed by atoms with Crippen LogP contribution in [0.5, 0.6) is 5.75 Å². The van der Waals surface area contributed by atoms with Gasteiger partial charge in [0.2, 0.25) is 0 Å². The van der Waals surface area contributed by atoms with E-state index in [2.05, 4.69) is 34.3 Å². The van der Waals surface area contributed by atoms with Crippen LogP contribution in [0, 0.1) is 6.92 Å². The van der Waals surface area contributed by atoms with Gasteiger partial charge in [0.05, 0.1) is 11.8 Å². The Kier molecular flexibility index (Phi) is 5.89. The van der Waals surface area contributed by atoms with Crippen molar-refractivity contribution in [1.82, 2.24) is 10.4 Å². The quantitative estimate of drug-likeness (QED) is 0.632. The summed E-state index contributed by atoms with van der Waals surface area (Å²) in [6.07, 6.45) is 2.91. The van der Waals surface area contributed by atoms with Gasteiger partial charge in [-0.05, 0) is 45.0 Å². The molecule has 2 rings (SSSR count). The Morgan fingerprint density at radius 1 is 1.29 bits per heavy atom. The number of phenolic OH excluding ortho intramolecular Hbond substituents is 1. The number of pyridine rings is 1. The number of hydrogen-bond acceptors (Lipinski definition) is 5. The summed E-state index contributed by atoms with van der Waals surface area (Å²) in [7, 11) is 0. The molecule has 0 aliphatic carbocycles. The first kappa shape index (κ1) is 17.5. The zero-order chi connectivity index (χ0) is 17.5. The molecule has 6 heteroatoms. The minimum absolute atomic E-state index is 0.120. The number of hydrazone groups is 1. The van der Waals surface area contributed by atoms with Crippen LogP contribution in [-0.4, -0.2) is 35.3 Å². The summed E-state index contributed by atoms with van der Waals surface area (Å²) in [5, 5.41) is 14.0. The van der Waals surface area contributed by atoms with E-state index in [0.717, 1.165) is 24.5 Å². The van der Waals surface area contributed by atoms with Gasteiger partial charge in [0.25, 0.3) is 5.91 Å². The SMILES string of the molecule is CCN(CC)c1ccc(C=NNC(=O)c2ccc(C)nc2)c(O)c1. The Hall–Kier alpha value is -2.89. The molecule has 24 heavy (non-hydrogen) atoms. The first-order valence-electron chi connectivity index (χ1n) is 7.89. The summed E-state index contributed by atoms with van der Waals surface area (Å²) in [6, 6.07) is 8.83. The summed E-state index contributed by atoms with van der Waals surface area (Å²) in [4.78, 5) is 18.1. The zero-order valence-corrected chi connectivity index (χ0v) is 14.2. The van der Waals surface area contributed by atoms with Crippen LogP contribution in [0.4, 0.5) is 5.69 Å². The molecule has 1 aromatic heterocycles. The van der Waals surface area contributed by atoms with Gasteiger partial charge >= 0.3 is 0 Å². The highest BCUT2D eigenvalue weighted by Gasteiger charge is 2.06. The van der Waals surface area contributed by atoms with Crippen molar-refractivity contribution in [3.8, 4) is 5.75 Å². The number of carbonyl (C=O) groups excluding carboxylic acids is 1. The van der Waals surface area contributed by atoms with Crippen LogP contribution in [0.2, 0.25) is 0 Å². The predicted octanol–water partition coefficient (Wildman–Crippen LogP) is 2.71. The number of anilines is 1. The van der Waals surface area contributed by atoms with Crippen LogP contribution in [0.1, 0.15) is 35.5 Å². The predicted molar refractivity (Wildman–Crippen MR) is 95.7 cm³/mol. The lowest BCUT2D eigenvalue weighted by Gasteiger charge is -2.21. The fraction of sp³-hybridized carbons (Fsp3) is 0.278. The second-order valence-corrected chi connectivity index (χ2v) is 5.30. The molecular formula is C18H22N4O2. The topological polar surface area (TPSA) is 77.8 Å². The summed E-state index contributed by atoms with van der Waals surface area (Å²) >= 11 is 0. The maximum atomic E-state index is 11.9. The molecule has 0 radical (unpaired) electrons. The van der Waals surface area contributed by atoms with Gasteiger partial charge in [0.15, 0.2) is 0 Å². The number of carbonyl (C=O) groups is 1. The number of aryl methyl sites for hydroxylation is 1. The molecule has 2 aromatic rings. The molecule has 0 bridgehead atoms. The highest BCUT2D eigenvalue weighted by molar-refractivity contribution is 5.94. The molecule has 0 fully saturated rings.